The number of nitrogens with one attached hydrogen (secondary N) is 2. The molecule has 7 nitrogen and oxygen atoms in total. The number of carbonyl (C=O) groups excluding carboxylic acids is 1. The summed E-state index contributed by atoms with van der Waals surface area (Å²) in [6.07, 6.45) is 0. The van der Waals surface area contributed by atoms with Crippen LogP contribution in [-0.2, 0) is 10.0 Å². The Hall–Kier alpha value is -2.91. The minimum Gasteiger partial charge on any atom is -0.495 e. The van der Waals surface area contributed by atoms with E-state index in [1.54, 1.807) is 31.2 Å². The van der Waals surface area contributed by atoms with Gasteiger partial charge in [0.2, 0.25) is 0 Å². The highest BCUT2D eigenvalue weighted by molar-refractivity contribution is 7.93. The summed E-state index contributed by atoms with van der Waals surface area (Å²) in [5.41, 5.74) is 2.89. The third kappa shape index (κ3) is 4.75. The van der Waals surface area contributed by atoms with Crippen molar-refractivity contribution in [3.8, 4) is 5.75 Å². The van der Waals surface area contributed by atoms with E-state index in [9.17, 15) is 13.2 Å². The third-order valence-corrected chi connectivity index (χ3v) is 6.71. The molecular formula is C20H21N3O4S2. The van der Waals surface area contributed by atoms with E-state index in [0.717, 1.165) is 22.5 Å². The van der Waals surface area contributed by atoms with Gasteiger partial charge >= 0.3 is 0 Å². The van der Waals surface area contributed by atoms with Crippen molar-refractivity contribution in [1.29, 1.82) is 0 Å². The first-order valence-corrected chi connectivity index (χ1v) is 11.0. The summed E-state index contributed by atoms with van der Waals surface area (Å²) < 4.78 is 32.8. The molecule has 3 aromatic rings. The molecular weight excluding hydrogens is 410 g/mol. The number of amides is 1. The highest BCUT2D eigenvalue weighted by Crippen LogP contribution is 2.29. The molecule has 0 saturated carbocycles. The van der Waals surface area contributed by atoms with Gasteiger partial charge in [0, 0.05) is 0 Å². The number of sulfonamides is 1. The Labute approximate surface area is 173 Å². The maximum Gasteiger partial charge on any atom is 0.267 e. The Kier molecular flexibility index (Phi) is 5.90. The normalized spacial score (nSPS) is 11.2. The van der Waals surface area contributed by atoms with Gasteiger partial charge in [-0.3, -0.25) is 9.52 Å². The summed E-state index contributed by atoms with van der Waals surface area (Å²) in [5, 5.41) is 2.93. The van der Waals surface area contributed by atoms with Crippen LogP contribution in [0.2, 0.25) is 0 Å². The van der Waals surface area contributed by atoms with Crippen molar-refractivity contribution in [3.05, 3.63) is 64.2 Å². The molecule has 2 aromatic carbocycles. The summed E-state index contributed by atoms with van der Waals surface area (Å²) in [5.74, 6) is 0.149. The van der Waals surface area contributed by atoms with Crippen LogP contribution < -0.4 is 14.8 Å². The van der Waals surface area contributed by atoms with Gasteiger partial charge in [0.05, 0.1) is 23.4 Å². The monoisotopic (exact) mass is 431 g/mol. The highest BCUT2D eigenvalue weighted by atomic mass is 32.2. The molecule has 0 fully saturated rings. The Morgan fingerprint density at radius 3 is 2.34 bits per heavy atom. The molecule has 0 saturated heterocycles. The van der Waals surface area contributed by atoms with E-state index in [4.69, 9.17) is 4.74 Å². The molecule has 0 aliphatic carbocycles. The zero-order valence-electron chi connectivity index (χ0n) is 16.4. The smallest absolute Gasteiger partial charge is 0.267 e. The summed E-state index contributed by atoms with van der Waals surface area (Å²) in [6.45, 7) is 5.44. The Morgan fingerprint density at radius 2 is 1.69 bits per heavy atom. The van der Waals surface area contributed by atoms with Crippen molar-refractivity contribution in [3.63, 3.8) is 0 Å². The standard InChI is InChI=1S/C20H21N3O4S2/c1-12-5-8-15(9-6-12)29(25,26)23-20-21-14(3)18(28-20)19(24)22-16-11-13(2)7-10-17(16)27-4/h5-11H,1-4H3,(H,21,23)(H,22,24). The molecule has 0 unspecified atom stereocenters. The molecule has 0 atom stereocenters. The lowest BCUT2D eigenvalue weighted by molar-refractivity contribution is 0.102. The lowest BCUT2D eigenvalue weighted by Crippen LogP contribution is -2.12. The second-order valence-electron chi connectivity index (χ2n) is 6.51. The predicted octanol–water partition coefficient (Wildman–Crippen LogP) is 4.13. The van der Waals surface area contributed by atoms with Gasteiger partial charge in [0.1, 0.15) is 10.6 Å². The number of ether oxygens (including phenoxy) is 1. The third-order valence-electron chi connectivity index (χ3n) is 4.16. The van der Waals surface area contributed by atoms with Gasteiger partial charge in [-0.25, -0.2) is 13.4 Å². The molecule has 9 heteroatoms. The van der Waals surface area contributed by atoms with Crippen molar-refractivity contribution < 1.29 is 17.9 Å². The number of nitrogens with zero attached hydrogens (tertiary/aromatic N) is 1. The predicted molar refractivity (Wildman–Crippen MR) is 115 cm³/mol. The zero-order chi connectivity index (χ0) is 21.2. The van der Waals surface area contributed by atoms with E-state index in [2.05, 4.69) is 15.0 Å². The molecule has 3 rings (SSSR count). The number of benzene rings is 2. The van der Waals surface area contributed by atoms with Crippen molar-refractivity contribution in [2.24, 2.45) is 0 Å². The van der Waals surface area contributed by atoms with Crippen LogP contribution in [0.3, 0.4) is 0 Å². The van der Waals surface area contributed by atoms with E-state index in [0.29, 0.717) is 22.0 Å². The topological polar surface area (TPSA) is 97.4 Å². The van der Waals surface area contributed by atoms with E-state index in [1.165, 1.54) is 19.2 Å². The molecule has 0 aliphatic heterocycles. The fourth-order valence-corrected chi connectivity index (χ4v) is 4.74. The van der Waals surface area contributed by atoms with Crippen LogP contribution in [0.5, 0.6) is 5.75 Å². The quantitative estimate of drug-likeness (QED) is 0.612. The fraction of sp³-hybridized carbons (Fsp3) is 0.200. The molecule has 152 valence electrons. The summed E-state index contributed by atoms with van der Waals surface area (Å²) in [7, 11) is -2.26. The number of hydrogen-bond donors (Lipinski definition) is 2. The number of aryl methyl sites for hydroxylation is 3. The minimum atomic E-state index is -3.79. The first kappa shape index (κ1) is 20.8. The van der Waals surface area contributed by atoms with E-state index in [-0.39, 0.29) is 15.9 Å². The van der Waals surface area contributed by atoms with E-state index >= 15 is 0 Å². The molecule has 0 spiro atoms. The number of hydrogen-bond acceptors (Lipinski definition) is 6. The van der Waals surface area contributed by atoms with Gasteiger partial charge in [-0.15, -0.1) is 0 Å². The summed E-state index contributed by atoms with van der Waals surface area (Å²) in [4.78, 5) is 17.4. The van der Waals surface area contributed by atoms with Crippen LogP contribution in [0.15, 0.2) is 47.4 Å². The van der Waals surface area contributed by atoms with Crippen LogP contribution in [-0.4, -0.2) is 26.4 Å². The number of methoxy groups -OCH3 is 1. The fourth-order valence-electron chi connectivity index (χ4n) is 2.64. The SMILES string of the molecule is COc1ccc(C)cc1NC(=O)c1sc(NS(=O)(=O)c2ccc(C)cc2)nc1C. The molecule has 0 bridgehead atoms. The lowest BCUT2D eigenvalue weighted by atomic mass is 10.2. The first-order chi connectivity index (χ1) is 13.7. The first-order valence-electron chi connectivity index (χ1n) is 8.72. The average Bonchev–Trinajstić information content (AvgIpc) is 3.02. The van der Waals surface area contributed by atoms with Gasteiger partial charge < -0.3 is 10.1 Å². The largest absolute Gasteiger partial charge is 0.495 e. The number of rotatable bonds is 6. The van der Waals surface area contributed by atoms with Crippen LogP contribution in [0.25, 0.3) is 0 Å². The zero-order valence-corrected chi connectivity index (χ0v) is 18.1. The number of anilines is 2. The molecule has 0 radical (unpaired) electrons. The van der Waals surface area contributed by atoms with Gasteiger partial charge in [-0.2, -0.15) is 0 Å². The summed E-state index contributed by atoms with van der Waals surface area (Å²) >= 11 is 0.975. The molecule has 29 heavy (non-hydrogen) atoms. The van der Waals surface area contributed by atoms with Gasteiger partial charge in [-0.1, -0.05) is 35.1 Å². The maximum absolute atomic E-state index is 12.7. The summed E-state index contributed by atoms with van der Waals surface area (Å²) in [6, 6.07) is 11.9. The highest BCUT2D eigenvalue weighted by Gasteiger charge is 2.21. The average molecular weight is 432 g/mol. The van der Waals surface area contributed by atoms with Crippen LogP contribution in [0.1, 0.15) is 26.5 Å². The van der Waals surface area contributed by atoms with Gasteiger partial charge in [0.25, 0.3) is 15.9 Å². The van der Waals surface area contributed by atoms with E-state index in [1.807, 2.05) is 19.9 Å². The molecule has 1 aromatic heterocycles. The molecule has 1 heterocycles. The van der Waals surface area contributed by atoms with E-state index < -0.39 is 10.0 Å². The molecule has 2 N–H and O–H groups in total. The maximum atomic E-state index is 12.7. The van der Waals surface area contributed by atoms with Gasteiger partial charge in [0.15, 0.2) is 5.13 Å². The van der Waals surface area contributed by atoms with Crippen molar-refractivity contribution >= 4 is 38.1 Å². The Morgan fingerprint density at radius 1 is 1.03 bits per heavy atom. The van der Waals surface area contributed by atoms with Crippen molar-refractivity contribution in [1.82, 2.24) is 4.98 Å². The number of aromatic nitrogens is 1. The minimum absolute atomic E-state index is 0.129. The lowest BCUT2D eigenvalue weighted by Gasteiger charge is -2.10. The van der Waals surface area contributed by atoms with Crippen LogP contribution >= 0.6 is 11.3 Å². The molecule has 1 amide bonds. The Balaban J connectivity index is 1.82. The van der Waals surface area contributed by atoms with Crippen LogP contribution in [0.4, 0.5) is 10.8 Å². The number of carbonyl (C=O) groups is 1. The van der Waals surface area contributed by atoms with Crippen LogP contribution in [0, 0.1) is 20.8 Å². The second kappa shape index (κ2) is 8.22. The Bertz CT molecular complexity index is 1150. The second-order valence-corrected chi connectivity index (χ2v) is 9.19. The van der Waals surface area contributed by atoms with Crippen molar-refractivity contribution in [2.75, 3.05) is 17.1 Å². The van der Waals surface area contributed by atoms with Crippen molar-refractivity contribution in [2.45, 2.75) is 25.7 Å². The van der Waals surface area contributed by atoms with Gasteiger partial charge in [-0.05, 0) is 50.6 Å². The number of thiazole rings is 1. The molecule has 0 aliphatic rings.